The minimum atomic E-state index is -4.07. The van der Waals surface area contributed by atoms with Crippen molar-refractivity contribution in [3.05, 3.63) is 29.8 Å². The second-order valence-electron chi connectivity index (χ2n) is 4.34. The average Bonchev–Trinajstić information content (AvgIpc) is 2.26. The Labute approximate surface area is 110 Å². The second-order valence-corrected chi connectivity index (χ2v) is 5.41. The van der Waals surface area contributed by atoms with Crippen molar-refractivity contribution in [1.29, 1.82) is 0 Å². The number of hydrogen-bond acceptors (Lipinski definition) is 2. The van der Waals surface area contributed by atoms with E-state index in [0.29, 0.717) is 12.2 Å². The Morgan fingerprint density at radius 2 is 1.94 bits per heavy atom. The van der Waals surface area contributed by atoms with Crippen molar-refractivity contribution in [3.8, 4) is 0 Å². The molecule has 0 fully saturated rings. The Bertz CT molecular complexity index is 365. The first kappa shape index (κ1) is 15.4. The molecule has 0 saturated carbocycles. The van der Waals surface area contributed by atoms with Gasteiger partial charge in [0, 0.05) is 23.1 Å². The summed E-state index contributed by atoms with van der Waals surface area (Å²) in [5.74, 6) is 0.655. The highest BCUT2D eigenvalue weighted by molar-refractivity contribution is 7.99. The van der Waals surface area contributed by atoms with Gasteiger partial charge in [-0.3, -0.25) is 0 Å². The number of nitrogens with two attached hydrogens (primary N) is 1. The van der Waals surface area contributed by atoms with E-state index >= 15 is 0 Å². The molecule has 1 unspecified atom stereocenters. The average molecular weight is 277 g/mol. The Morgan fingerprint density at radius 3 is 2.56 bits per heavy atom. The molecule has 1 rings (SSSR count). The smallest absolute Gasteiger partial charge is 0.327 e. The zero-order valence-electron chi connectivity index (χ0n) is 10.3. The highest BCUT2D eigenvalue weighted by atomic mass is 32.2. The molecule has 1 aromatic carbocycles. The molecule has 18 heavy (non-hydrogen) atoms. The SMILES string of the molecule is Cc1ccccc1SCC(N)CCCC(F)(F)F. The summed E-state index contributed by atoms with van der Waals surface area (Å²) in [7, 11) is 0. The van der Waals surface area contributed by atoms with E-state index in [9.17, 15) is 13.2 Å². The van der Waals surface area contributed by atoms with Crippen LogP contribution in [-0.4, -0.2) is 18.0 Å². The third-order valence-electron chi connectivity index (χ3n) is 2.58. The zero-order chi connectivity index (χ0) is 13.6. The van der Waals surface area contributed by atoms with Crippen molar-refractivity contribution >= 4 is 11.8 Å². The van der Waals surface area contributed by atoms with Crippen LogP contribution >= 0.6 is 11.8 Å². The number of aryl methyl sites for hydroxylation is 1. The molecule has 0 saturated heterocycles. The van der Waals surface area contributed by atoms with Crippen LogP contribution in [0, 0.1) is 6.92 Å². The van der Waals surface area contributed by atoms with Crippen LogP contribution in [0.2, 0.25) is 0 Å². The van der Waals surface area contributed by atoms with E-state index in [1.807, 2.05) is 31.2 Å². The molecule has 0 heterocycles. The lowest BCUT2D eigenvalue weighted by Gasteiger charge is -2.13. The van der Waals surface area contributed by atoms with Gasteiger partial charge in [0.15, 0.2) is 0 Å². The summed E-state index contributed by atoms with van der Waals surface area (Å²) in [5, 5.41) is 0. The minimum Gasteiger partial charge on any atom is -0.327 e. The van der Waals surface area contributed by atoms with E-state index < -0.39 is 12.6 Å². The molecule has 0 aliphatic rings. The highest BCUT2D eigenvalue weighted by Crippen LogP contribution is 2.25. The summed E-state index contributed by atoms with van der Waals surface area (Å²) in [6.45, 7) is 2.01. The number of rotatable bonds is 6. The molecule has 0 aromatic heterocycles. The second kappa shape index (κ2) is 7.04. The molecule has 5 heteroatoms. The summed E-state index contributed by atoms with van der Waals surface area (Å²) in [6, 6.07) is 7.74. The fourth-order valence-corrected chi connectivity index (χ4v) is 2.59. The third kappa shape index (κ3) is 6.31. The van der Waals surface area contributed by atoms with Crippen molar-refractivity contribution in [2.75, 3.05) is 5.75 Å². The van der Waals surface area contributed by atoms with Gasteiger partial charge in [-0.1, -0.05) is 18.2 Å². The van der Waals surface area contributed by atoms with Gasteiger partial charge in [0.05, 0.1) is 0 Å². The van der Waals surface area contributed by atoms with Gasteiger partial charge in [-0.05, 0) is 31.4 Å². The summed E-state index contributed by atoms with van der Waals surface area (Å²) >= 11 is 1.61. The predicted molar refractivity (Wildman–Crippen MR) is 69.8 cm³/mol. The lowest BCUT2D eigenvalue weighted by Crippen LogP contribution is -2.23. The van der Waals surface area contributed by atoms with E-state index in [-0.39, 0.29) is 12.5 Å². The maximum atomic E-state index is 12.0. The Kier molecular flexibility index (Phi) is 6.02. The van der Waals surface area contributed by atoms with Crippen molar-refractivity contribution in [2.24, 2.45) is 5.73 Å². The molecule has 0 bridgehead atoms. The molecular formula is C13H18F3NS. The fourth-order valence-electron chi connectivity index (χ4n) is 1.56. The van der Waals surface area contributed by atoms with Crippen LogP contribution in [0.5, 0.6) is 0 Å². The van der Waals surface area contributed by atoms with Crippen LogP contribution in [-0.2, 0) is 0 Å². The number of halogens is 3. The van der Waals surface area contributed by atoms with Gasteiger partial charge in [0.2, 0.25) is 0 Å². The van der Waals surface area contributed by atoms with Crippen molar-refractivity contribution in [1.82, 2.24) is 0 Å². The Hall–Kier alpha value is -0.680. The molecule has 0 aliphatic heterocycles. The number of alkyl halides is 3. The maximum absolute atomic E-state index is 12.0. The van der Waals surface area contributed by atoms with Gasteiger partial charge >= 0.3 is 6.18 Å². The first-order valence-electron chi connectivity index (χ1n) is 5.89. The van der Waals surface area contributed by atoms with Gasteiger partial charge in [-0.25, -0.2) is 0 Å². The standard InChI is InChI=1S/C13H18F3NS/c1-10-5-2-3-7-12(10)18-9-11(17)6-4-8-13(14,15)16/h2-3,5,7,11H,4,6,8-9,17H2,1H3. The number of thioether (sulfide) groups is 1. The van der Waals surface area contributed by atoms with Crippen LogP contribution in [0.3, 0.4) is 0 Å². The minimum absolute atomic E-state index is 0.110. The predicted octanol–water partition coefficient (Wildman–Crippen LogP) is 4.15. The van der Waals surface area contributed by atoms with E-state index in [2.05, 4.69) is 0 Å². The topological polar surface area (TPSA) is 26.0 Å². The quantitative estimate of drug-likeness (QED) is 0.791. The largest absolute Gasteiger partial charge is 0.389 e. The van der Waals surface area contributed by atoms with Gasteiger partial charge < -0.3 is 5.73 Å². The fraction of sp³-hybridized carbons (Fsp3) is 0.538. The van der Waals surface area contributed by atoms with Crippen molar-refractivity contribution in [3.63, 3.8) is 0 Å². The van der Waals surface area contributed by atoms with Crippen molar-refractivity contribution < 1.29 is 13.2 Å². The zero-order valence-corrected chi connectivity index (χ0v) is 11.2. The molecule has 102 valence electrons. The third-order valence-corrected chi connectivity index (χ3v) is 3.95. The molecular weight excluding hydrogens is 259 g/mol. The monoisotopic (exact) mass is 277 g/mol. The van der Waals surface area contributed by atoms with E-state index in [1.165, 1.54) is 5.56 Å². The van der Waals surface area contributed by atoms with Crippen LogP contribution < -0.4 is 5.73 Å². The lowest BCUT2D eigenvalue weighted by atomic mass is 10.1. The molecule has 0 aliphatic carbocycles. The molecule has 2 N–H and O–H groups in total. The van der Waals surface area contributed by atoms with E-state index in [1.54, 1.807) is 11.8 Å². The molecule has 1 aromatic rings. The normalized spacial score (nSPS) is 13.6. The van der Waals surface area contributed by atoms with Crippen LogP contribution in [0.15, 0.2) is 29.2 Å². The van der Waals surface area contributed by atoms with Gasteiger partial charge in [0.1, 0.15) is 0 Å². The first-order chi connectivity index (χ1) is 8.38. The lowest BCUT2D eigenvalue weighted by molar-refractivity contribution is -0.135. The molecule has 0 amide bonds. The van der Waals surface area contributed by atoms with Crippen LogP contribution in [0.25, 0.3) is 0 Å². The van der Waals surface area contributed by atoms with Crippen LogP contribution in [0.4, 0.5) is 13.2 Å². The molecule has 0 spiro atoms. The van der Waals surface area contributed by atoms with Gasteiger partial charge in [-0.2, -0.15) is 13.2 Å². The van der Waals surface area contributed by atoms with Gasteiger partial charge in [-0.15, -0.1) is 11.8 Å². The summed E-state index contributed by atoms with van der Waals surface area (Å²) in [5.41, 5.74) is 6.98. The van der Waals surface area contributed by atoms with Gasteiger partial charge in [0.25, 0.3) is 0 Å². The summed E-state index contributed by atoms with van der Waals surface area (Å²) in [4.78, 5) is 1.14. The van der Waals surface area contributed by atoms with E-state index in [0.717, 1.165) is 4.90 Å². The first-order valence-corrected chi connectivity index (χ1v) is 6.88. The summed E-state index contributed by atoms with van der Waals surface area (Å²) < 4.78 is 35.9. The number of hydrogen-bond donors (Lipinski definition) is 1. The summed E-state index contributed by atoms with van der Waals surface area (Å²) in [6.07, 6.45) is -4.28. The molecule has 1 nitrogen and oxygen atoms in total. The Morgan fingerprint density at radius 1 is 1.28 bits per heavy atom. The molecule has 1 atom stereocenters. The molecule has 0 radical (unpaired) electrons. The Balaban J connectivity index is 2.25. The van der Waals surface area contributed by atoms with Crippen LogP contribution in [0.1, 0.15) is 24.8 Å². The van der Waals surface area contributed by atoms with Crippen molar-refractivity contribution in [2.45, 2.75) is 43.3 Å². The highest BCUT2D eigenvalue weighted by Gasteiger charge is 2.26. The maximum Gasteiger partial charge on any atom is 0.389 e. The van der Waals surface area contributed by atoms with E-state index in [4.69, 9.17) is 5.73 Å². The number of benzene rings is 1.